The van der Waals surface area contributed by atoms with Gasteiger partial charge in [-0.1, -0.05) is 50.6 Å². The van der Waals surface area contributed by atoms with Crippen LogP contribution in [-0.2, 0) is 16.1 Å². The number of ketones is 1. The van der Waals surface area contributed by atoms with Crippen LogP contribution in [0.5, 0.6) is 0 Å². The first-order chi connectivity index (χ1) is 11.6. The molecule has 25 heavy (non-hydrogen) atoms. The van der Waals surface area contributed by atoms with Crippen molar-refractivity contribution in [1.82, 2.24) is 9.80 Å². The van der Waals surface area contributed by atoms with Crippen molar-refractivity contribution in [3.05, 3.63) is 35.4 Å². The highest BCUT2D eigenvalue weighted by molar-refractivity contribution is 5.82. The number of hydrogen-bond donors (Lipinski definition) is 0. The molecule has 1 aliphatic rings. The quantitative estimate of drug-likeness (QED) is 0.822. The van der Waals surface area contributed by atoms with E-state index in [0.717, 1.165) is 18.5 Å². The fourth-order valence-corrected chi connectivity index (χ4v) is 3.66. The Morgan fingerprint density at radius 2 is 1.96 bits per heavy atom. The molecule has 0 spiro atoms. The summed E-state index contributed by atoms with van der Waals surface area (Å²) in [7, 11) is 1.98. The van der Waals surface area contributed by atoms with E-state index in [4.69, 9.17) is 0 Å². The summed E-state index contributed by atoms with van der Waals surface area (Å²) in [5, 5.41) is 0. The maximum absolute atomic E-state index is 13.0. The molecule has 1 aromatic rings. The van der Waals surface area contributed by atoms with E-state index in [1.807, 2.05) is 18.0 Å². The highest BCUT2D eigenvalue weighted by atomic mass is 16.2. The molecule has 2 rings (SSSR count). The van der Waals surface area contributed by atoms with Crippen LogP contribution >= 0.6 is 0 Å². The maximum atomic E-state index is 13.0. The smallest absolute Gasteiger partial charge is 0.223 e. The van der Waals surface area contributed by atoms with Gasteiger partial charge in [0.05, 0.1) is 6.04 Å². The van der Waals surface area contributed by atoms with Gasteiger partial charge in [-0.05, 0) is 38.3 Å². The number of nitrogens with zero attached hydrogens (tertiary/aromatic N) is 2. The minimum Gasteiger partial charge on any atom is -0.334 e. The van der Waals surface area contributed by atoms with Crippen molar-refractivity contribution in [3.8, 4) is 0 Å². The summed E-state index contributed by atoms with van der Waals surface area (Å²) in [4.78, 5) is 29.0. The Morgan fingerprint density at radius 1 is 1.28 bits per heavy atom. The fourth-order valence-electron chi connectivity index (χ4n) is 3.66. The first-order valence-electron chi connectivity index (χ1n) is 9.12. The molecule has 1 amide bonds. The molecule has 0 bridgehead atoms. The average molecular weight is 344 g/mol. The highest BCUT2D eigenvalue weighted by Crippen LogP contribution is 2.27. The van der Waals surface area contributed by atoms with Gasteiger partial charge >= 0.3 is 0 Å². The molecule has 1 heterocycles. The van der Waals surface area contributed by atoms with E-state index in [1.165, 1.54) is 5.56 Å². The molecule has 138 valence electrons. The minimum absolute atomic E-state index is 0.0492. The van der Waals surface area contributed by atoms with Gasteiger partial charge in [0.2, 0.25) is 5.91 Å². The molecule has 0 N–H and O–H groups in total. The number of likely N-dealkylation sites (tertiary alicyclic amines) is 1. The van der Waals surface area contributed by atoms with Crippen LogP contribution in [0.1, 0.15) is 51.7 Å². The molecule has 0 saturated carbocycles. The van der Waals surface area contributed by atoms with Gasteiger partial charge in [0.15, 0.2) is 0 Å². The Morgan fingerprint density at radius 3 is 2.48 bits per heavy atom. The molecule has 4 nitrogen and oxygen atoms in total. The van der Waals surface area contributed by atoms with Gasteiger partial charge in [-0.15, -0.1) is 0 Å². The summed E-state index contributed by atoms with van der Waals surface area (Å²) >= 11 is 0. The van der Waals surface area contributed by atoms with Crippen LogP contribution in [0.2, 0.25) is 0 Å². The van der Waals surface area contributed by atoms with E-state index in [-0.39, 0.29) is 29.2 Å². The molecule has 1 saturated heterocycles. The summed E-state index contributed by atoms with van der Waals surface area (Å²) in [6.45, 7) is 11.4. The molecule has 0 aliphatic carbocycles. The number of benzene rings is 1. The lowest BCUT2D eigenvalue weighted by Gasteiger charge is -2.32. The summed E-state index contributed by atoms with van der Waals surface area (Å²) in [6, 6.07) is 8.34. The van der Waals surface area contributed by atoms with Gasteiger partial charge in [0, 0.05) is 25.6 Å². The van der Waals surface area contributed by atoms with E-state index in [9.17, 15) is 9.59 Å². The van der Waals surface area contributed by atoms with Gasteiger partial charge in [0.1, 0.15) is 5.78 Å². The average Bonchev–Trinajstić information content (AvgIpc) is 2.84. The van der Waals surface area contributed by atoms with E-state index < -0.39 is 0 Å². The summed E-state index contributed by atoms with van der Waals surface area (Å²) in [6.07, 6.45) is 1.25. The largest absolute Gasteiger partial charge is 0.334 e. The van der Waals surface area contributed by atoms with Crippen molar-refractivity contribution in [2.24, 2.45) is 5.41 Å². The fraction of sp³-hybridized carbons (Fsp3) is 0.619. The second-order valence-electron chi connectivity index (χ2n) is 8.70. The third kappa shape index (κ3) is 5.40. The monoisotopic (exact) mass is 344 g/mol. The van der Waals surface area contributed by atoms with Crippen LogP contribution in [0.4, 0.5) is 0 Å². The van der Waals surface area contributed by atoms with E-state index in [0.29, 0.717) is 13.0 Å². The molecule has 1 fully saturated rings. The van der Waals surface area contributed by atoms with Gasteiger partial charge < -0.3 is 4.90 Å². The van der Waals surface area contributed by atoms with E-state index >= 15 is 0 Å². The maximum Gasteiger partial charge on any atom is 0.223 e. The van der Waals surface area contributed by atoms with E-state index in [2.05, 4.69) is 50.8 Å². The molecule has 1 aromatic carbocycles. The van der Waals surface area contributed by atoms with Crippen LogP contribution in [-0.4, -0.2) is 47.2 Å². The Bertz CT molecular complexity index is 633. The first kappa shape index (κ1) is 19.6. The number of carbonyl (C=O) groups is 2. The third-order valence-electron chi connectivity index (χ3n) is 4.87. The van der Waals surface area contributed by atoms with Crippen molar-refractivity contribution in [2.75, 3.05) is 13.6 Å². The molecule has 1 aliphatic heterocycles. The van der Waals surface area contributed by atoms with Crippen LogP contribution in [0, 0.1) is 12.3 Å². The Balaban J connectivity index is 2.23. The second kappa shape index (κ2) is 7.69. The van der Waals surface area contributed by atoms with Gasteiger partial charge in [-0.25, -0.2) is 0 Å². The summed E-state index contributed by atoms with van der Waals surface area (Å²) < 4.78 is 0. The van der Waals surface area contributed by atoms with Crippen molar-refractivity contribution < 1.29 is 9.59 Å². The number of carbonyl (C=O) groups excluding carboxylic acids is 2. The molecule has 0 aromatic heterocycles. The zero-order valence-electron chi connectivity index (χ0n) is 16.5. The van der Waals surface area contributed by atoms with Gasteiger partial charge in [0.25, 0.3) is 0 Å². The zero-order valence-corrected chi connectivity index (χ0v) is 16.5. The highest BCUT2D eigenvalue weighted by Gasteiger charge is 2.38. The Labute approximate surface area is 152 Å². The Kier molecular flexibility index (Phi) is 6.04. The van der Waals surface area contributed by atoms with Crippen molar-refractivity contribution in [2.45, 2.75) is 66.1 Å². The lowest BCUT2D eigenvalue weighted by molar-refractivity contribution is -0.136. The van der Waals surface area contributed by atoms with Crippen molar-refractivity contribution in [3.63, 3.8) is 0 Å². The number of amides is 1. The lowest BCUT2D eigenvalue weighted by Crippen LogP contribution is -2.42. The third-order valence-corrected chi connectivity index (χ3v) is 4.87. The van der Waals surface area contributed by atoms with Crippen molar-refractivity contribution >= 4 is 11.7 Å². The SMILES string of the molecule is CC(=O)[C@@H]1C[C@H](N(Cc2cccc(C)c2)C(=O)CC(C)(C)C)CN1C. The summed E-state index contributed by atoms with van der Waals surface area (Å²) in [5.74, 6) is 0.361. The van der Waals surface area contributed by atoms with Crippen LogP contribution in [0.25, 0.3) is 0 Å². The number of Topliss-reactive ketones (excluding diaryl/α,β-unsaturated/α-hetero) is 1. The molecule has 4 heteroatoms. The van der Waals surface area contributed by atoms with Gasteiger partial charge in [-0.3, -0.25) is 14.5 Å². The topological polar surface area (TPSA) is 40.6 Å². The Hall–Kier alpha value is -1.68. The predicted molar refractivity (Wildman–Crippen MR) is 101 cm³/mol. The van der Waals surface area contributed by atoms with Gasteiger partial charge in [-0.2, -0.15) is 0 Å². The lowest BCUT2D eigenvalue weighted by atomic mass is 9.91. The predicted octanol–water partition coefficient (Wildman–Crippen LogP) is 3.42. The normalized spacial score (nSPS) is 21.4. The van der Waals surface area contributed by atoms with Crippen LogP contribution in [0.3, 0.4) is 0 Å². The molecular formula is C21H32N2O2. The first-order valence-corrected chi connectivity index (χ1v) is 9.12. The molecule has 0 radical (unpaired) electrons. The zero-order chi connectivity index (χ0) is 18.8. The number of rotatable bonds is 5. The van der Waals surface area contributed by atoms with E-state index in [1.54, 1.807) is 6.92 Å². The van der Waals surface area contributed by atoms with Crippen LogP contribution in [0.15, 0.2) is 24.3 Å². The second-order valence-corrected chi connectivity index (χ2v) is 8.70. The molecule has 0 unspecified atom stereocenters. The minimum atomic E-state index is -0.0764. The number of hydrogen-bond acceptors (Lipinski definition) is 3. The standard InChI is InChI=1S/C21H32N2O2/c1-15-8-7-9-17(10-15)13-23(20(25)12-21(3,4)5)18-11-19(16(2)24)22(6)14-18/h7-10,18-19H,11-14H2,1-6H3/t18-,19-/m0/s1. The summed E-state index contributed by atoms with van der Waals surface area (Å²) in [5.41, 5.74) is 2.30. The van der Waals surface area contributed by atoms with Crippen molar-refractivity contribution in [1.29, 1.82) is 0 Å². The molecular weight excluding hydrogens is 312 g/mol. The molecule has 2 atom stereocenters. The number of likely N-dealkylation sites (N-methyl/N-ethyl adjacent to an activating group) is 1. The van der Waals surface area contributed by atoms with Crippen LogP contribution < -0.4 is 0 Å². The number of aryl methyl sites for hydroxylation is 1.